The molecule has 1 heterocycles. The average Bonchev–Trinajstić information content (AvgIpc) is 3.19. The zero-order valence-electron chi connectivity index (χ0n) is 18.3. The van der Waals surface area contributed by atoms with Gasteiger partial charge in [-0.15, -0.1) is 16.8 Å². The van der Waals surface area contributed by atoms with Crippen molar-refractivity contribution >= 4 is 40.9 Å². The fourth-order valence-electron chi connectivity index (χ4n) is 2.96. The maximum absolute atomic E-state index is 12.4. The van der Waals surface area contributed by atoms with Crippen molar-refractivity contribution in [2.75, 3.05) is 18.2 Å². The van der Waals surface area contributed by atoms with Crippen LogP contribution in [0.5, 0.6) is 5.75 Å². The van der Waals surface area contributed by atoms with Crippen molar-refractivity contribution in [3.63, 3.8) is 0 Å². The number of aromatic nitrogens is 3. The third-order valence-electron chi connectivity index (χ3n) is 4.66. The highest BCUT2D eigenvalue weighted by atomic mass is 35.5. The fraction of sp³-hybridized carbons (Fsp3) is 0.217. The topological polar surface area (TPSA) is 98.1 Å². The van der Waals surface area contributed by atoms with Gasteiger partial charge in [0.25, 0.3) is 5.91 Å². The van der Waals surface area contributed by atoms with Gasteiger partial charge in [0.1, 0.15) is 5.75 Å². The van der Waals surface area contributed by atoms with Gasteiger partial charge in [-0.3, -0.25) is 9.59 Å². The van der Waals surface area contributed by atoms with Gasteiger partial charge >= 0.3 is 0 Å². The number of ether oxygens (including phenoxy) is 1. The minimum absolute atomic E-state index is 0.148. The summed E-state index contributed by atoms with van der Waals surface area (Å²) in [6, 6.07) is 12.1. The van der Waals surface area contributed by atoms with Gasteiger partial charge in [-0.05, 0) is 55.0 Å². The summed E-state index contributed by atoms with van der Waals surface area (Å²) in [5.41, 5.74) is 2.10. The Morgan fingerprint density at radius 2 is 1.97 bits per heavy atom. The molecule has 172 valence electrons. The first-order chi connectivity index (χ1) is 15.9. The Kier molecular flexibility index (Phi) is 8.51. The lowest BCUT2D eigenvalue weighted by atomic mass is 10.2. The number of hydrogen-bond donors (Lipinski definition) is 2. The molecular formula is C23H24ClN5O3S. The first kappa shape index (κ1) is 24.3. The van der Waals surface area contributed by atoms with Crippen molar-refractivity contribution in [2.45, 2.75) is 25.2 Å². The van der Waals surface area contributed by atoms with E-state index in [2.05, 4.69) is 27.4 Å². The predicted octanol–water partition coefficient (Wildman–Crippen LogP) is 4.10. The van der Waals surface area contributed by atoms with Gasteiger partial charge in [0.05, 0.1) is 19.4 Å². The summed E-state index contributed by atoms with van der Waals surface area (Å²) in [5, 5.41) is 15.2. The monoisotopic (exact) mass is 485 g/mol. The van der Waals surface area contributed by atoms with Crippen molar-refractivity contribution < 1.29 is 14.3 Å². The number of anilines is 1. The highest BCUT2D eigenvalue weighted by Crippen LogP contribution is 2.21. The second-order valence-electron chi connectivity index (χ2n) is 7.01. The van der Waals surface area contributed by atoms with Crippen LogP contribution in [0, 0.1) is 6.92 Å². The lowest BCUT2D eigenvalue weighted by molar-refractivity contribution is -0.113. The van der Waals surface area contributed by atoms with E-state index in [9.17, 15) is 9.59 Å². The molecular weight excluding hydrogens is 462 g/mol. The van der Waals surface area contributed by atoms with Crippen molar-refractivity contribution in [3.8, 4) is 5.75 Å². The number of nitrogens with zero attached hydrogens (tertiary/aromatic N) is 3. The third-order valence-corrected chi connectivity index (χ3v) is 5.86. The molecule has 0 fully saturated rings. The van der Waals surface area contributed by atoms with Gasteiger partial charge in [-0.2, -0.15) is 0 Å². The maximum atomic E-state index is 12.4. The predicted molar refractivity (Wildman–Crippen MR) is 130 cm³/mol. The Morgan fingerprint density at radius 3 is 2.64 bits per heavy atom. The van der Waals surface area contributed by atoms with Gasteiger partial charge in [-0.1, -0.05) is 29.4 Å². The van der Waals surface area contributed by atoms with Crippen molar-refractivity contribution in [1.29, 1.82) is 0 Å². The number of aryl methyl sites for hydroxylation is 1. The number of carbonyl (C=O) groups is 2. The van der Waals surface area contributed by atoms with Crippen LogP contribution in [0.4, 0.5) is 5.69 Å². The van der Waals surface area contributed by atoms with Crippen molar-refractivity contribution in [1.82, 2.24) is 20.1 Å². The number of nitrogens with one attached hydrogen (secondary N) is 2. The molecule has 1 aromatic heterocycles. The van der Waals surface area contributed by atoms with Crippen LogP contribution in [0.15, 0.2) is 60.3 Å². The van der Waals surface area contributed by atoms with E-state index in [4.69, 9.17) is 16.3 Å². The Balaban J connectivity index is 1.60. The minimum Gasteiger partial charge on any atom is -0.497 e. The van der Waals surface area contributed by atoms with E-state index in [0.29, 0.717) is 39.5 Å². The first-order valence-corrected chi connectivity index (χ1v) is 11.4. The van der Waals surface area contributed by atoms with Crippen molar-refractivity contribution in [3.05, 3.63) is 77.1 Å². The van der Waals surface area contributed by atoms with Gasteiger partial charge in [-0.25, -0.2) is 0 Å². The van der Waals surface area contributed by atoms with Crippen LogP contribution in [-0.4, -0.2) is 39.4 Å². The van der Waals surface area contributed by atoms with E-state index in [1.807, 2.05) is 11.5 Å². The molecule has 3 rings (SSSR count). The quantitative estimate of drug-likeness (QED) is 0.331. The molecule has 10 heteroatoms. The molecule has 0 radical (unpaired) electrons. The van der Waals surface area contributed by atoms with Crippen LogP contribution < -0.4 is 15.4 Å². The standard InChI is InChI=1S/C23H24ClN5O3S/c1-4-11-29-20(13-25-22(31)16-5-8-18(32-3)9-6-16)27-28-23(29)33-14-21(30)26-19-10-7-17(24)12-15(19)2/h4-10,12H,1,11,13-14H2,2-3H3,(H,25,31)(H,26,30). The Labute approximate surface area is 201 Å². The van der Waals surface area contributed by atoms with Crippen LogP contribution in [0.1, 0.15) is 21.7 Å². The molecule has 0 bridgehead atoms. The lowest BCUT2D eigenvalue weighted by Crippen LogP contribution is -2.24. The molecule has 0 saturated carbocycles. The number of halogens is 1. The van der Waals surface area contributed by atoms with E-state index >= 15 is 0 Å². The minimum atomic E-state index is -0.238. The number of hydrogen-bond acceptors (Lipinski definition) is 6. The van der Waals surface area contributed by atoms with E-state index in [-0.39, 0.29) is 24.1 Å². The van der Waals surface area contributed by atoms with Crippen LogP contribution in [0.3, 0.4) is 0 Å². The number of rotatable bonds is 10. The van der Waals surface area contributed by atoms with E-state index in [1.54, 1.807) is 55.7 Å². The molecule has 2 N–H and O–H groups in total. The number of methoxy groups -OCH3 is 1. The molecule has 2 amide bonds. The Morgan fingerprint density at radius 1 is 1.21 bits per heavy atom. The van der Waals surface area contributed by atoms with Gasteiger partial charge in [0.2, 0.25) is 5.91 Å². The molecule has 0 aliphatic carbocycles. The normalized spacial score (nSPS) is 10.5. The Hall–Kier alpha value is -3.30. The molecule has 0 spiro atoms. The number of carbonyl (C=O) groups excluding carboxylic acids is 2. The summed E-state index contributed by atoms with van der Waals surface area (Å²) in [6.45, 7) is 6.28. The van der Waals surface area contributed by atoms with E-state index in [0.717, 1.165) is 5.56 Å². The molecule has 0 aliphatic rings. The summed E-state index contributed by atoms with van der Waals surface area (Å²) in [4.78, 5) is 24.8. The fourth-order valence-corrected chi connectivity index (χ4v) is 3.95. The van der Waals surface area contributed by atoms with Gasteiger partial charge in [0.15, 0.2) is 11.0 Å². The summed E-state index contributed by atoms with van der Waals surface area (Å²) < 4.78 is 6.92. The second-order valence-corrected chi connectivity index (χ2v) is 8.38. The highest BCUT2D eigenvalue weighted by molar-refractivity contribution is 7.99. The SMILES string of the molecule is C=CCn1c(CNC(=O)c2ccc(OC)cc2)nnc1SCC(=O)Nc1ccc(Cl)cc1C. The molecule has 0 atom stereocenters. The molecule has 0 aliphatic heterocycles. The maximum Gasteiger partial charge on any atom is 0.251 e. The summed E-state index contributed by atoms with van der Waals surface area (Å²) >= 11 is 7.22. The zero-order valence-corrected chi connectivity index (χ0v) is 19.9. The number of amides is 2. The largest absolute Gasteiger partial charge is 0.497 e. The zero-order chi connectivity index (χ0) is 23.8. The third kappa shape index (κ3) is 6.59. The molecule has 3 aromatic rings. The van der Waals surface area contributed by atoms with Crippen LogP contribution in [0.2, 0.25) is 5.02 Å². The van der Waals surface area contributed by atoms with Gasteiger partial charge in [0, 0.05) is 22.8 Å². The number of allylic oxidation sites excluding steroid dienone is 1. The lowest BCUT2D eigenvalue weighted by Gasteiger charge is -2.10. The molecule has 33 heavy (non-hydrogen) atoms. The molecule has 0 saturated heterocycles. The Bertz CT molecular complexity index is 1150. The van der Waals surface area contributed by atoms with Crippen LogP contribution in [-0.2, 0) is 17.9 Å². The van der Waals surface area contributed by atoms with Gasteiger partial charge < -0.3 is 19.9 Å². The summed E-state index contributed by atoms with van der Waals surface area (Å²) in [7, 11) is 1.57. The number of benzene rings is 2. The van der Waals surface area contributed by atoms with Crippen LogP contribution in [0.25, 0.3) is 0 Å². The number of thioether (sulfide) groups is 1. The summed E-state index contributed by atoms with van der Waals surface area (Å²) in [6.07, 6.45) is 1.71. The molecule has 0 unspecified atom stereocenters. The van der Waals surface area contributed by atoms with E-state index in [1.165, 1.54) is 11.8 Å². The van der Waals surface area contributed by atoms with Crippen molar-refractivity contribution in [2.24, 2.45) is 0 Å². The second kappa shape index (κ2) is 11.5. The smallest absolute Gasteiger partial charge is 0.251 e. The molecule has 8 nitrogen and oxygen atoms in total. The van der Waals surface area contributed by atoms with Crippen LogP contribution >= 0.6 is 23.4 Å². The summed E-state index contributed by atoms with van der Waals surface area (Å²) in [5.74, 6) is 0.975. The average molecular weight is 486 g/mol. The first-order valence-electron chi connectivity index (χ1n) is 10.0. The van der Waals surface area contributed by atoms with E-state index < -0.39 is 0 Å². The highest BCUT2D eigenvalue weighted by Gasteiger charge is 2.15. The molecule has 2 aromatic carbocycles.